The van der Waals surface area contributed by atoms with Gasteiger partial charge in [-0.1, -0.05) is 54.3 Å². The lowest BCUT2D eigenvalue weighted by atomic mass is 9.96. The minimum atomic E-state index is -4.86. The Morgan fingerprint density at radius 2 is 1.81 bits per heavy atom. The summed E-state index contributed by atoms with van der Waals surface area (Å²) in [5.74, 6) is 3.85. The highest BCUT2D eigenvalue weighted by atomic mass is 19.4. The summed E-state index contributed by atoms with van der Waals surface area (Å²) in [6.45, 7) is 1.56. The molecule has 2 aromatic rings. The minimum Gasteiger partial charge on any atom is -0.374 e. The van der Waals surface area contributed by atoms with Crippen molar-refractivity contribution in [1.29, 1.82) is 0 Å². The van der Waals surface area contributed by atoms with Crippen molar-refractivity contribution in [2.24, 2.45) is 0 Å². The largest absolute Gasteiger partial charge is 0.471 e. The van der Waals surface area contributed by atoms with Crippen LogP contribution in [0.5, 0.6) is 0 Å². The van der Waals surface area contributed by atoms with Crippen molar-refractivity contribution < 1.29 is 23.1 Å². The molecule has 0 bridgehead atoms. The number of alkyl halides is 3. The van der Waals surface area contributed by atoms with E-state index in [1.54, 1.807) is 31.2 Å². The van der Waals surface area contributed by atoms with Crippen LogP contribution in [0.1, 0.15) is 30.0 Å². The molecule has 1 unspecified atom stereocenters. The molecule has 0 saturated carbocycles. The van der Waals surface area contributed by atoms with E-state index in [0.29, 0.717) is 24.0 Å². The van der Waals surface area contributed by atoms with Gasteiger partial charge in [0.15, 0.2) is 0 Å². The third-order valence-corrected chi connectivity index (χ3v) is 3.90. The van der Waals surface area contributed by atoms with Crippen LogP contribution >= 0.6 is 0 Å². The molecule has 27 heavy (non-hydrogen) atoms. The van der Waals surface area contributed by atoms with E-state index in [2.05, 4.69) is 11.8 Å². The number of aliphatic hydroxyl groups is 1. The van der Waals surface area contributed by atoms with Gasteiger partial charge in [0.25, 0.3) is 0 Å². The number of benzene rings is 2. The molecule has 0 aromatic heterocycles. The summed E-state index contributed by atoms with van der Waals surface area (Å²) in [4.78, 5) is 10.7. The number of halogens is 3. The molecule has 0 aliphatic carbocycles. The second kappa shape index (κ2) is 8.74. The van der Waals surface area contributed by atoms with Crippen LogP contribution in [0.15, 0.2) is 54.6 Å². The van der Waals surface area contributed by atoms with E-state index in [-0.39, 0.29) is 6.54 Å². The van der Waals surface area contributed by atoms with Crippen molar-refractivity contribution in [3.63, 3.8) is 0 Å². The summed E-state index contributed by atoms with van der Waals surface area (Å²) in [6, 6.07) is 16.3. The highest BCUT2D eigenvalue weighted by molar-refractivity contribution is 5.81. The minimum absolute atomic E-state index is 0.0586. The third kappa shape index (κ3) is 6.46. The summed E-state index contributed by atoms with van der Waals surface area (Å²) < 4.78 is 36.3. The summed E-state index contributed by atoms with van der Waals surface area (Å²) in [5, 5.41) is 12.3. The predicted octanol–water partition coefficient (Wildman–Crippen LogP) is 3.56. The molecule has 0 aliphatic rings. The molecule has 0 radical (unpaired) electrons. The van der Waals surface area contributed by atoms with Crippen LogP contribution in [0.4, 0.5) is 13.2 Å². The molecule has 2 aromatic carbocycles. The molecule has 0 fully saturated rings. The first kappa shape index (κ1) is 20.5. The normalized spacial score (nSPS) is 13.2. The van der Waals surface area contributed by atoms with Crippen molar-refractivity contribution in [3.05, 3.63) is 71.3 Å². The molecule has 1 atom stereocenters. The van der Waals surface area contributed by atoms with Gasteiger partial charge in [0.1, 0.15) is 5.60 Å². The number of rotatable bonds is 5. The Morgan fingerprint density at radius 1 is 1.11 bits per heavy atom. The highest BCUT2D eigenvalue weighted by Gasteiger charge is 2.38. The van der Waals surface area contributed by atoms with Crippen LogP contribution in [0.2, 0.25) is 0 Å². The van der Waals surface area contributed by atoms with Crippen LogP contribution in [-0.2, 0) is 16.8 Å². The van der Waals surface area contributed by atoms with E-state index in [9.17, 15) is 23.1 Å². The fourth-order valence-electron chi connectivity index (χ4n) is 2.43. The molecule has 0 saturated heterocycles. The van der Waals surface area contributed by atoms with Crippen molar-refractivity contribution in [1.82, 2.24) is 5.32 Å². The first-order valence-corrected chi connectivity index (χ1v) is 8.43. The maximum atomic E-state index is 12.1. The average molecular weight is 375 g/mol. The maximum absolute atomic E-state index is 12.1. The number of hydrogen-bond donors (Lipinski definition) is 2. The standard InChI is InChI=1S/C21H20F3NO2/c1-20(27,18-10-3-2-4-11-18)13-12-17-8-5-7-16(15-17)9-6-14-25-19(26)21(22,23)24/h2-5,7-8,10-11,15,27H,6,9,14H2,1H3,(H,25,26). The Balaban J connectivity index is 1.95. The Kier molecular flexibility index (Phi) is 6.65. The smallest absolute Gasteiger partial charge is 0.374 e. The van der Waals surface area contributed by atoms with E-state index in [1.165, 1.54) is 0 Å². The van der Waals surface area contributed by atoms with Gasteiger partial charge in [-0.3, -0.25) is 4.79 Å². The summed E-state index contributed by atoms with van der Waals surface area (Å²) in [5.41, 5.74) is 0.985. The van der Waals surface area contributed by atoms with Crippen molar-refractivity contribution in [2.45, 2.75) is 31.5 Å². The maximum Gasteiger partial charge on any atom is 0.471 e. The molecular formula is C21H20F3NO2. The lowest BCUT2D eigenvalue weighted by Crippen LogP contribution is -2.37. The van der Waals surface area contributed by atoms with Gasteiger partial charge in [0.2, 0.25) is 0 Å². The lowest BCUT2D eigenvalue weighted by molar-refractivity contribution is -0.173. The fourth-order valence-corrected chi connectivity index (χ4v) is 2.43. The summed E-state index contributed by atoms with van der Waals surface area (Å²) >= 11 is 0. The molecule has 142 valence electrons. The van der Waals surface area contributed by atoms with Gasteiger partial charge in [0, 0.05) is 12.1 Å². The SMILES string of the molecule is CC(O)(C#Cc1cccc(CCCNC(=O)C(F)(F)F)c1)c1ccccc1. The lowest BCUT2D eigenvalue weighted by Gasteiger charge is -2.16. The predicted molar refractivity (Wildman–Crippen MR) is 96.7 cm³/mol. The Labute approximate surface area is 156 Å². The number of amides is 1. The quantitative estimate of drug-likeness (QED) is 0.620. The van der Waals surface area contributed by atoms with Crippen LogP contribution < -0.4 is 5.32 Å². The van der Waals surface area contributed by atoms with Crippen LogP contribution in [-0.4, -0.2) is 23.7 Å². The monoisotopic (exact) mass is 375 g/mol. The molecule has 2 N–H and O–H groups in total. The van der Waals surface area contributed by atoms with E-state index >= 15 is 0 Å². The summed E-state index contributed by atoms with van der Waals surface area (Å²) in [6.07, 6.45) is -3.98. The van der Waals surface area contributed by atoms with E-state index in [0.717, 1.165) is 5.56 Å². The first-order chi connectivity index (χ1) is 12.7. The number of nitrogens with one attached hydrogen (secondary N) is 1. The molecule has 3 nitrogen and oxygen atoms in total. The highest BCUT2D eigenvalue weighted by Crippen LogP contribution is 2.19. The fraction of sp³-hybridized carbons (Fsp3) is 0.286. The molecule has 0 aliphatic heterocycles. The van der Waals surface area contributed by atoms with Gasteiger partial charge >= 0.3 is 12.1 Å². The molecule has 6 heteroatoms. The van der Waals surface area contributed by atoms with Gasteiger partial charge in [0.05, 0.1) is 0 Å². The molecule has 0 spiro atoms. The van der Waals surface area contributed by atoms with E-state index < -0.39 is 17.7 Å². The third-order valence-electron chi connectivity index (χ3n) is 3.90. The topological polar surface area (TPSA) is 49.3 Å². The molecule has 1 amide bonds. The number of hydrogen-bond acceptors (Lipinski definition) is 2. The van der Waals surface area contributed by atoms with E-state index in [1.807, 2.05) is 35.6 Å². The van der Waals surface area contributed by atoms with Gasteiger partial charge in [-0.05, 0) is 43.0 Å². The average Bonchev–Trinajstić information content (AvgIpc) is 2.64. The van der Waals surface area contributed by atoms with Crippen molar-refractivity contribution in [2.75, 3.05) is 6.54 Å². The Morgan fingerprint density at radius 3 is 2.48 bits per heavy atom. The zero-order valence-electron chi connectivity index (χ0n) is 14.8. The molecule has 2 rings (SSSR count). The molecule has 0 heterocycles. The van der Waals surface area contributed by atoms with Crippen molar-refractivity contribution in [3.8, 4) is 11.8 Å². The first-order valence-electron chi connectivity index (χ1n) is 8.43. The summed E-state index contributed by atoms with van der Waals surface area (Å²) in [7, 11) is 0. The zero-order chi connectivity index (χ0) is 19.9. The van der Waals surface area contributed by atoms with E-state index in [4.69, 9.17) is 0 Å². The second-order valence-corrected chi connectivity index (χ2v) is 6.25. The van der Waals surface area contributed by atoms with Gasteiger partial charge in [-0.25, -0.2) is 0 Å². The van der Waals surface area contributed by atoms with Crippen LogP contribution in [0, 0.1) is 11.8 Å². The van der Waals surface area contributed by atoms with Crippen LogP contribution in [0.25, 0.3) is 0 Å². The van der Waals surface area contributed by atoms with Crippen molar-refractivity contribution >= 4 is 5.91 Å². The van der Waals surface area contributed by atoms with Gasteiger partial charge in [-0.2, -0.15) is 13.2 Å². The number of carbonyl (C=O) groups excluding carboxylic acids is 1. The Bertz CT molecular complexity index is 834. The molecular weight excluding hydrogens is 355 g/mol. The zero-order valence-corrected chi connectivity index (χ0v) is 14.8. The number of aryl methyl sites for hydroxylation is 1. The Hall–Kier alpha value is -2.78. The van der Waals surface area contributed by atoms with Gasteiger partial charge < -0.3 is 10.4 Å². The second-order valence-electron chi connectivity index (χ2n) is 6.25. The van der Waals surface area contributed by atoms with Crippen LogP contribution in [0.3, 0.4) is 0 Å². The van der Waals surface area contributed by atoms with Gasteiger partial charge in [-0.15, -0.1) is 0 Å². The number of carbonyl (C=O) groups is 1.